The Bertz CT molecular complexity index is 3180. The van der Waals surface area contributed by atoms with Crippen molar-refractivity contribution in [2.24, 2.45) is 0 Å². The molecule has 0 atom stereocenters. The van der Waals surface area contributed by atoms with Gasteiger partial charge in [0.05, 0.1) is 22.1 Å². The van der Waals surface area contributed by atoms with E-state index in [0.717, 1.165) is 83.3 Å². The molecule has 0 saturated heterocycles. The van der Waals surface area contributed by atoms with Gasteiger partial charge in [0, 0.05) is 32.7 Å². The Kier molecular flexibility index (Phi) is 6.22. The van der Waals surface area contributed by atoms with Crippen molar-refractivity contribution < 1.29 is 4.42 Å². The smallest absolute Gasteiger partial charge is 0.165 e. The van der Waals surface area contributed by atoms with Gasteiger partial charge in [-0.05, 0) is 63.9 Å². The lowest BCUT2D eigenvalue weighted by Gasteiger charge is -2.16. The second kappa shape index (κ2) is 11.2. The van der Waals surface area contributed by atoms with E-state index in [-0.39, 0.29) is 0 Å². The quantitative estimate of drug-likeness (QED) is 0.188. The third-order valence-corrected chi connectivity index (χ3v) is 10.4. The molecule has 0 radical (unpaired) electrons. The Labute approximate surface area is 298 Å². The van der Waals surface area contributed by atoms with Gasteiger partial charge in [-0.2, -0.15) is 0 Å². The molecule has 0 spiro atoms. The molecule has 11 aromatic rings. The normalized spacial score (nSPS) is 11.8. The molecular formula is C48H29N3O. The Morgan fingerprint density at radius 1 is 0.404 bits per heavy atom. The first-order valence-corrected chi connectivity index (χ1v) is 17.6. The highest BCUT2D eigenvalue weighted by Crippen LogP contribution is 2.43. The van der Waals surface area contributed by atoms with Gasteiger partial charge in [0.15, 0.2) is 5.82 Å². The summed E-state index contributed by atoms with van der Waals surface area (Å²) in [5.74, 6) is 0.798. The number of benzene rings is 8. The summed E-state index contributed by atoms with van der Waals surface area (Å²) in [7, 11) is 0. The number of nitrogens with zero attached hydrogens (tertiary/aromatic N) is 3. The molecule has 0 fully saturated rings. The number of fused-ring (bicyclic) bond motifs is 8. The van der Waals surface area contributed by atoms with E-state index in [1.807, 2.05) is 18.2 Å². The van der Waals surface area contributed by atoms with Crippen LogP contribution in [0.1, 0.15) is 0 Å². The third kappa shape index (κ3) is 4.34. The molecule has 52 heavy (non-hydrogen) atoms. The molecule has 4 nitrogen and oxygen atoms in total. The predicted molar refractivity (Wildman–Crippen MR) is 215 cm³/mol. The molecular weight excluding hydrogens is 635 g/mol. The first kappa shape index (κ1) is 28.8. The maximum atomic E-state index is 6.57. The van der Waals surface area contributed by atoms with Crippen LogP contribution in [0.25, 0.3) is 105 Å². The van der Waals surface area contributed by atoms with Crippen LogP contribution in [0.5, 0.6) is 0 Å². The number of para-hydroxylation sites is 3. The first-order valence-electron chi connectivity index (χ1n) is 17.6. The fourth-order valence-corrected chi connectivity index (χ4v) is 7.96. The zero-order valence-corrected chi connectivity index (χ0v) is 28.0. The molecule has 0 amide bonds. The van der Waals surface area contributed by atoms with Crippen molar-refractivity contribution in [1.29, 1.82) is 0 Å². The van der Waals surface area contributed by atoms with Gasteiger partial charge in [-0.25, -0.2) is 9.97 Å². The van der Waals surface area contributed by atoms with Crippen molar-refractivity contribution in [2.45, 2.75) is 0 Å². The maximum absolute atomic E-state index is 6.57. The molecule has 0 unspecified atom stereocenters. The topological polar surface area (TPSA) is 43.9 Å². The molecule has 0 N–H and O–H groups in total. The molecule has 3 heterocycles. The minimum Gasteiger partial charge on any atom is -0.455 e. The monoisotopic (exact) mass is 663 g/mol. The number of furan rings is 1. The van der Waals surface area contributed by atoms with Crippen molar-refractivity contribution in [3.8, 4) is 39.3 Å². The van der Waals surface area contributed by atoms with Gasteiger partial charge in [-0.1, -0.05) is 140 Å². The van der Waals surface area contributed by atoms with Crippen LogP contribution in [-0.4, -0.2) is 14.5 Å². The van der Waals surface area contributed by atoms with E-state index in [1.54, 1.807) is 0 Å². The van der Waals surface area contributed by atoms with Crippen molar-refractivity contribution in [2.75, 3.05) is 0 Å². The summed E-state index contributed by atoms with van der Waals surface area (Å²) in [4.78, 5) is 11.1. The molecule has 8 aromatic carbocycles. The molecule has 0 aliphatic rings. The first-order chi connectivity index (χ1) is 25.8. The molecule has 0 bridgehead atoms. The highest BCUT2D eigenvalue weighted by Gasteiger charge is 2.22. The van der Waals surface area contributed by atoms with Gasteiger partial charge >= 0.3 is 0 Å². The van der Waals surface area contributed by atoms with E-state index in [1.165, 1.54) is 21.5 Å². The second-order valence-electron chi connectivity index (χ2n) is 13.4. The summed E-state index contributed by atoms with van der Waals surface area (Å²) in [6, 6.07) is 61.8. The largest absolute Gasteiger partial charge is 0.455 e. The second-order valence-corrected chi connectivity index (χ2v) is 13.4. The van der Waals surface area contributed by atoms with Crippen LogP contribution in [0.15, 0.2) is 180 Å². The van der Waals surface area contributed by atoms with E-state index < -0.39 is 0 Å². The van der Waals surface area contributed by atoms with Crippen LogP contribution in [0.2, 0.25) is 0 Å². The summed E-state index contributed by atoms with van der Waals surface area (Å²) in [5, 5.41) is 6.97. The van der Waals surface area contributed by atoms with Crippen molar-refractivity contribution >= 4 is 65.6 Å². The number of rotatable bonds is 4. The SMILES string of the molecule is c1ccc(-c2cc3nc(-n4c5ccccc5c5cc6ccccc6cc54)c(-c4ccccc4)nc3cc2-c2cccc3c2oc2ccccc23)cc1. The Hall–Kier alpha value is -7.04. The summed E-state index contributed by atoms with van der Waals surface area (Å²) in [5.41, 5.74) is 11.6. The van der Waals surface area contributed by atoms with E-state index in [2.05, 4.69) is 162 Å². The minimum absolute atomic E-state index is 0.798. The summed E-state index contributed by atoms with van der Waals surface area (Å²) in [6.07, 6.45) is 0. The Balaban J connectivity index is 1.26. The van der Waals surface area contributed by atoms with Crippen LogP contribution >= 0.6 is 0 Å². The van der Waals surface area contributed by atoms with E-state index >= 15 is 0 Å². The average molecular weight is 664 g/mol. The highest BCUT2D eigenvalue weighted by atomic mass is 16.3. The predicted octanol–water partition coefficient (Wildman–Crippen LogP) is 12.8. The van der Waals surface area contributed by atoms with Gasteiger partial charge < -0.3 is 4.42 Å². The van der Waals surface area contributed by atoms with Crippen molar-refractivity contribution in [3.05, 3.63) is 176 Å². The van der Waals surface area contributed by atoms with Gasteiger partial charge in [-0.3, -0.25) is 4.57 Å². The molecule has 11 rings (SSSR count). The van der Waals surface area contributed by atoms with E-state index in [0.29, 0.717) is 0 Å². The molecule has 242 valence electrons. The van der Waals surface area contributed by atoms with Crippen molar-refractivity contribution in [1.82, 2.24) is 14.5 Å². The zero-order chi connectivity index (χ0) is 34.2. The van der Waals surface area contributed by atoms with Crippen LogP contribution in [0.4, 0.5) is 0 Å². The molecule has 0 aliphatic carbocycles. The van der Waals surface area contributed by atoms with Crippen LogP contribution in [0, 0.1) is 0 Å². The highest BCUT2D eigenvalue weighted by molar-refractivity contribution is 6.14. The van der Waals surface area contributed by atoms with Crippen LogP contribution in [-0.2, 0) is 0 Å². The fourth-order valence-electron chi connectivity index (χ4n) is 7.96. The minimum atomic E-state index is 0.798. The van der Waals surface area contributed by atoms with Gasteiger partial charge in [0.2, 0.25) is 0 Å². The number of hydrogen-bond acceptors (Lipinski definition) is 3. The maximum Gasteiger partial charge on any atom is 0.165 e. The fraction of sp³-hybridized carbons (Fsp3) is 0. The molecule has 0 saturated carbocycles. The lowest BCUT2D eigenvalue weighted by Crippen LogP contribution is -2.04. The lowest BCUT2D eigenvalue weighted by atomic mass is 9.92. The Morgan fingerprint density at radius 2 is 1.04 bits per heavy atom. The van der Waals surface area contributed by atoms with Gasteiger partial charge in [0.1, 0.15) is 16.9 Å². The van der Waals surface area contributed by atoms with E-state index in [9.17, 15) is 0 Å². The average Bonchev–Trinajstić information content (AvgIpc) is 3.75. The third-order valence-electron chi connectivity index (χ3n) is 10.4. The van der Waals surface area contributed by atoms with Gasteiger partial charge in [-0.15, -0.1) is 0 Å². The zero-order valence-electron chi connectivity index (χ0n) is 28.0. The lowest BCUT2D eigenvalue weighted by molar-refractivity contribution is 0.670. The summed E-state index contributed by atoms with van der Waals surface area (Å²) in [6.45, 7) is 0. The number of aromatic nitrogens is 3. The standard InChI is InChI=1S/C48H29N3O/c1-3-14-30(15-4-1)38-28-42-41(29-39(38)37-23-13-22-36-35-21-10-12-25-45(35)52-47(36)37)49-46(31-16-5-2-6-17-31)48(50-42)51-43-24-11-9-20-34(43)40-26-32-18-7-8-19-33(32)27-44(40)51/h1-29H. The molecule has 4 heteroatoms. The van der Waals surface area contributed by atoms with E-state index in [4.69, 9.17) is 14.4 Å². The van der Waals surface area contributed by atoms with Gasteiger partial charge in [0.25, 0.3) is 0 Å². The molecule has 3 aromatic heterocycles. The van der Waals surface area contributed by atoms with Crippen molar-refractivity contribution in [3.63, 3.8) is 0 Å². The Morgan fingerprint density at radius 3 is 1.87 bits per heavy atom. The molecule has 0 aliphatic heterocycles. The van der Waals surface area contributed by atoms with Crippen LogP contribution in [0.3, 0.4) is 0 Å². The van der Waals surface area contributed by atoms with Crippen LogP contribution < -0.4 is 0 Å². The summed E-state index contributed by atoms with van der Waals surface area (Å²) >= 11 is 0. The number of hydrogen-bond donors (Lipinski definition) is 0. The summed E-state index contributed by atoms with van der Waals surface area (Å²) < 4.78 is 8.88.